The van der Waals surface area contributed by atoms with Crippen molar-refractivity contribution in [3.8, 4) is 50.3 Å². The van der Waals surface area contributed by atoms with Crippen molar-refractivity contribution < 1.29 is 9.15 Å². The van der Waals surface area contributed by atoms with Crippen molar-refractivity contribution in [2.45, 2.75) is 0 Å². The van der Waals surface area contributed by atoms with Crippen LogP contribution in [-0.2, 0) is 0 Å². The number of ether oxygens (including phenoxy) is 1. The number of hydrogen-bond donors (Lipinski definition) is 0. The average molecular weight is 823 g/mol. The van der Waals surface area contributed by atoms with E-state index in [-0.39, 0.29) is 0 Å². The molecule has 1 aromatic heterocycles. The molecule has 1 heterocycles. The summed E-state index contributed by atoms with van der Waals surface area (Å²) in [5.41, 5.74) is 14.4. The largest absolute Gasteiger partial charge is 0.454 e. The molecule has 0 bridgehead atoms. The zero-order valence-corrected chi connectivity index (χ0v) is 35.2. The van der Waals surface area contributed by atoms with Gasteiger partial charge in [0.15, 0.2) is 5.58 Å². The van der Waals surface area contributed by atoms with E-state index in [1.165, 1.54) is 5.56 Å². The van der Waals surface area contributed by atoms with E-state index in [0.29, 0.717) is 5.90 Å². The molecule has 10 aromatic carbocycles. The van der Waals surface area contributed by atoms with Crippen LogP contribution in [0.5, 0.6) is 5.75 Å². The van der Waals surface area contributed by atoms with Crippen LogP contribution in [0, 0.1) is 0 Å². The van der Waals surface area contributed by atoms with Crippen molar-refractivity contribution in [1.29, 1.82) is 0 Å². The van der Waals surface area contributed by atoms with Gasteiger partial charge in [0.05, 0.1) is 11.4 Å². The molecule has 0 aliphatic heterocycles. The molecule has 64 heavy (non-hydrogen) atoms. The number of para-hydroxylation sites is 3. The van der Waals surface area contributed by atoms with Gasteiger partial charge in [-0.25, -0.2) is 0 Å². The van der Waals surface area contributed by atoms with Crippen molar-refractivity contribution >= 4 is 55.7 Å². The standard InChI is InChI=1S/C60H42N2O2/c1-61-60(46-36-30-43(31-37-46)41-16-4-2-5-17-41)64-58-40-49-21-9-8-20-48(49)39-54(58)45-34-32-44(33-35-45)51-24-10-12-27-55(51)62(50-23-14-22-47(38-50)42-18-6-3-7-19-42)56-28-15-26-53-52-25-11-13-29-57(52)63-59(53)56/h2-40H,1H3. The predicted molar refractivity (Wildman–Crippen MR) is 267 cm³/mol. The second-order valence-electron chi connectivity index (χ2n) is 15.9. The number of anilines is 3. The first-order valence-electron chi connectivity index (χ1n) is 21.6. The Morgan fingerprint density at radius 3 is 1.72 bits per heavy atom. The molecule has 0 unspecified atom stereocenters. The van der Waals surface area contributed by atoms with Crippen molar-refractivity contribution in [3.63, 3.8) is 0 Å². The maximum Gasteiger partial charge on any atom is 0.221 e. The summed E-state index contributed by atoms with van der Waals surface area (Å²) in [6.07, 6.45) is 0. The average Bonchev–Trinajstić information content (AvgIpc) is 3.76. The molecule has 11 rings (SSSR count). The molecule has 0 aliphatic carbocycles. The van der Waals surface area contributed by atoms with Crippen LogP contribution in [0.4, 0.5) is 17.1 Å². The molecule has 11 aromatic rings. The van der Waals surface area contributed by atoms with Gasteiger partial charge in [0.2, 0.25) is 5.90 Å². The summed E-state index contributed by atoms with van der Waals surface area (Å²) in [5.74, 6) is 1.29. The maximum absolute atomic E-state index is 6.79. The van der Waals surface area contributed by atoms with Crippen LogP contribution in [0.3, 0.4) is 0 Å². The fraction of sp³-hybridized carbons (Fsp3) is 0.0167. The SMILES string of the molecule is CN=C(Oc1cc2ccccc2cc1-c1ccc(-c2ccccc2N(c2cccc(-c3ccccc3)c2)c2cccc3c2oc2ccccc23)cc1)c1ccc(-c2ccccc2)cc1. The number of fused-ring (bicyclic) bond motifs is 4. The third kappa shape index (κ3) is 7.27. The highest BCUT2D eigenvalue weighted by molar-refractivity contribution is 6.11. The van der Waals surface area contributed by atoms with Crippen molar-refractivity contribution in [1.82, 2.24) is 0 Å². The Morgan fingerprint density at radius 1 is 0.422 bits per heavy atom. The van der Waals surface area contributed by atoms with Crippen molar-refractivity contribution in [2.75, 3.05) is 11.9 Å². The Balaban J connectivity index is 1.00. The molecule has 0 aliphatic rings. The van der Waals surface area contributed by atoms with Gasteiger partial charge in [0.25, 0.3) is 0 Å². The number of furan rings is 1. The highest BCUT2D eigenvalue weighted by atomic mass is 16.5. The molecule has 0 amide bonds. The lowest BCUT2D eigenvalue weighted by Crippen LogP contribution is -2.11. The number of aliphatic imine (C=N–C) groups is 1. The van der Waals surface area contributed by atoms with Gasteiger partial charge in [-0.1, -0.05) is 182 Å². The normalized spacial score (nSPS) is 11.6. The lowest BCUT2D eigenvalue weighted by Gasteiger charge is -2.28. The number of rotatable bonds is 9. The van der Waals surface area contributed by atoms with Crippen LogP contribution in [-0.4, -0.2) is 12.9 Å². The van der Waals surface area contributed by atoms with Gasteiger partial charge >= 0.3 is 0 Å². The first-order chi connectivity index (χ1) is 31.7. The third-order valence-electron chi connectivity index (χ3n) is 12.0. The minimum Gasteiger partial charge on any atom is -0.454 e. The van der Waals surface area contributed by atoms with Crippen LogP contribution in [0.15, 0.2) is 246 Å². The molecule has 4 heteroatoms. The first-order valence-corrected chi connectivity index (χ1v) is 21.6. The molecule has 304 valence electrons. The fourth-order valence-corrected chi connectivity index (χ4v) is 8.82. The van der Waals surface area contributed by atoms with E-state index in [0.717, 1.165) is 100 Å². The fourth-order valence-electron chi connectivity index (χ4n) is 8.82. The van der Waals surface area contributed by atoms with E-state index in [1.807, 2.05) is 18.2 Å². The summed E-state index contributed by atoms with van der Waals surface area (Å²) in [4.78, 5) is 6.98. The molecule has 0 radical (unpaired) electrons. The minimum atomic E-state index is 0.553. The van der Waals surface area contributed by atoms with Gasteiger partial charge in [-0.05, 0) is 98.8 Å². The quantitative estimate of drug-likeness (QED) is 0.107. The van der Waals surface area contributed by atoms with Crippen LogP contribution in [0.25, 0.3) is 77.2 Å². The second-order valence-corrected chi connectivity index (χ2v) is 15.9. The van der Waals surface area contributed by atoms with E-state index in [4.69, 9.17) is 9.15 Å². The van der Waals surface area contributed by atoms with Gasteiger partial charge in [0, 0.05) is 40.2 Å². The van der Waals surface area contributed by atoms with Gasteiger partial charge in [0.1, 0.15) is 11.3 Å². The lowest BCUT2D eigenvalue weighted by atomic mass is 9.96. The Kier molecular flexibility index (Phi) is 10.1. The van der Waals surface area contributed by atoms with E-state index < -0.39 is 0 Å². The number of nitrogens with zero attached hydrogens (tertiary/aromatic N) is 2. The summed E-state index contributed by atoms with van der Waals surface area (Å²) in [7, 11) is 1.78. The molecule has 0 saturated heterocycles. The molecular formula is C60H42N2O2. The van der Waals surface area contributed by atoms with Gasteiger partial charge in [-0.3, -0.25) is 4.99 Å². The van der Waals surface area contributed by atoms with Crippen molar-refractivity contribution in [2.24, 2.45) is 4.99 Å². The lowest BCUT2D eigenvalue weighted by molar-refractivity contribution is 0.554. The van der Waals surface area contributed by atoms with Crippen LogP contribution in [0.1, 0.15) is 5.56 Å². The molecule has 0 N–H and O–H groups in total. The summed E-state index contributed by atoms with van der Waals surface area (Å²) in [6.45, 7) is 0. The molecule has 0 saturated carbocycles. The van der Waals surface area contributed by atoms with Crippen LogP contribution < -0.4 is 9.64 Å². The molecule has 0 atom stereocenters. The molecule has 0 fully saturated rings. The maximum atomic E-state index is 6.79. The monoisotopic (exact) mass is 822 g/mol. The minimum absolute atomic E-state index is 0.553. The molecule has 4 nitrogen and oxygen atoms in total. The third-order valence-corrected chi connectivity index (χ3v) is 12.0. The Labute approximate surface area is 372 Å². The van der Waals surface area contributed by atoms with E-state index in [9.17, 15) is 0 Å². The highest BCUT2D eigenvalue weighted by Gasteiger charge is 2.23. The Bertz CT molecular complexity index is 3460. The summed E-state index contributed by atoms with van der Waals surface area (Å²) in [5, 5.41) is 4.40. The topological polar surface area (TPSA) is 38.0 Å². The summed E-state index contributed by atoms with van der Waals surface area (Å²) in [6, 6.07) is 83.0. The van der Waals surface area contributed by atoms with Crippen LogP contribution >= 0.6 is 0 Å². The zero-order chi connectivity index (χ0) is 42.8. The summed E-state index contributed by atoms with van der Waals surface area (Å²) < 4.78 is 13.5. The van der Waals surface area contributed by atoms with E-state index in [2.05, 4.69) is 228 Å². The van der Waals surface area contributed by atoms with Crippen LogP contribution in [0.2, 0.25) is 0 Å². The van der Waals surface area contributed by atoms with E-state index >= 15 is 0 Å². The number of benzene rings is 10. The predicted octanol–water partition coefficient (Wildman–Crippen LogP) is 16.3. The Morgan fingerprint density at radius 2 is 0.969 bits per heavy atom. The van der Waals surface area contributed by atoms with Gasteiger partial charge in [-0.15, -0.1) is 0 Å². The zero-order valence-electron chi connectivity index (χ0n) is 35.2. The second kappa shape index (κ2) is 16.8. The first kappa shape index (κ1) is 38.5. The van der Waals surface area contributed by atoms with Gasteiger partial charge in [-0.2, -0.15) is 0 Å². The Hall–Kier alpha value is -8.47. The smallest absolute Gasteiger partial charge is 0.221 e. The number of hydrogen-bond acceptors (Lipinski definition) is 4. The highest BCUT2D eigenvalue weighted by Crippen LogP contribution is 2.46. The van der Waals surface area contributed by atoms with Gasteiger partial charge < -0.3 is 14.1 Å². The molecular weight excluding hydrogens is 781 g/mol. The van der Waals surface area contributed by atoms with Crippen molar-refractivity contribution in [3.05, 3.63) is 242 Å². The van der Waals surface area contributed by atoms with E-state index in [1.54, 1.807) is 7.05 Å². The molecule has 0 spiro atoms. The summed E-state index contributed by atoms with van der Waals surface area (Å²) >= 11 is 0.